The fraction of sp³-hybridized carbons (Fsp3) is 0.905. The zero-order valence-electron chi connectivity index (χ0n) is 15.8. The Bertz CT molecular complexity index is 541. The van der Waals surface area contributed by atoms with Gasteiger partial charge in [0.25, 0.3) is 5.91 Å². The molecule has 4 bridgehead atoms. The van der Waals surface area contributed by atoms with Crippen LogP contribution in [0.5, 0.6) is 0 Å². The van der Waals surface area contributed by atoms with Crippen LogP contribution in [0.3, 0.4) is 0 Å². The molecule has 4 aliphatic carbocycles. The Labute approximate surface area is 156 Å². The lowest BCUT2D eigenvalue weighted by molar-refractivity contribution is -0.148. The highest BCUT2D eigenvalue weighted by Gasteiger charge is 2.51. The normalized spacial score (nSPS) is 41.7. The third-order valence-corrected chi connectivity index (χ3v) is 7.84. The van der Waals surface area contributed by atoms with E-state index in [0.717, 1.165) is 37.0 Å². The molecule has 0 aromatic carbocycles. The second kappa shape index (κ2) is 6.50. The molecule has 1 unspecified atom stereocenters. The van der Waals surface area contributed by atoms with Crippen LogP contribution in [0.15, 0.2) is 0 Å². The number of carbonyl (C=O) groups is 2. The minimum absolute atomic E-state index is 0.135. The topological polar surface area (TPSA) is 49.9 Å². The van der Waals surface area contributed by atoms with Gasteiger partial charge in [-0.2, -0.15) is 0 Å². The average Bonchev–Trinajstić information content (AvgIpc) is 3.14. The van der Waals surface area contributed by atoms with Gasteiger partial charge >= 0.3 is 0 Å². The van der Waals surface area contributed by atoms with Crippen LogP contribution in [0.4, 0.5) is 0 Å². The van der Waals surface area contributed by atoms with Crippen LogP contribution in [-0.4, -0.2) is 60.5 Å². The van der Waals surface area contributed by atoms with E-state index in [1.165, 1.54) is 38.5 Å². The number of ether oxygens (including phenoxy) is 1. The Morgan fingerprint density at radius 1 is 0.885 bits per heavy atom. The molecule has 0 spiro atoms. The first-order chi connectivity index (χ1) is 12.6. The van der Waals surface area contributed by atoms with Crippen LogP contribution in [0.2, 0.25) is 0 Å². The summed E-state index contributed by atoms with van der Waals surface area (Å²) in [4.78, 5) is 29.4. The molecule has 4 saturated carbocycles. The van der Waals surface area contributed by atoms with Crippen molar-refractivity contribution in [2.45, 2.75) is 63.9 Å². The smallest absolute Gasteiger partial charge is 0.251 e. The summed E-state index contributed by atoms with van der Waals surface area (Å²) >= 11 is 0. The molecule has 26 heavy (non-hydrogen) atoms. The van der Waals surface area contributed by atoms with Crippen LogP contribution in [-0.2, 0) is 14.3 Å². The third-order valence-electron chi connectivity index (χ3n) is 7.84. The lowest BCUT2D eigenvalue weighted by Crippen LogP contribution is -2.54. The van der Waals surface area contributed by atoms with Crippen molar-refractivity contribution in [1.29, 1.82) is 0 Å². The maximum atomic E-state index is 13.0. The molecule has 2 amide bonds. The van der Waals surface area contributed by atoms with Gasteiger partial charge in [-0.1, -0.05) is 0 Å². The van der Waals surface area contributed by atoms with E-state index in [-0.39, 0.29) is 12.0 Å². The molecule has 5 heteroatoms. The Morgan fingerprint density at radius 3 is 2.00 bits per heavy atom. The van der Waals surface area contributed by atoms with Gasteiger partial charge < -0.3 is 14.5 Å². The number of amides is 2. The summed E-state index contributed by atoms with van der Waals surface area (Å²) in [6, 6.07) is 0. The quantitative estimate of drug-likeness (QED) is 0.777. The molecule has 5 nitrogen and oxygen atoms in total. The number of hydrogen-bond acceptors (Lipinski definition) is 3. The molecular formula is C21H32N2O3. The number of piperazine rings is 1. The summed E-state index contributed by atoms with van der Waals surface area (Å²) in [5.74, 6) is 3.17. The molecule has 6 fully saturated rings. The van der Waals surface area contributed by atoms with Crippen molar-refractivity contribution in [2.75, 3.05) is 32.8 Å². The zero-order valence-corrected chi connectivity index (χ0v) is 15.8. The largest absolute Gasteiger partial charge is 0.368 e. The van der Waals surface area contributed by atoms with Crippen LogP contribution in [0.25, 0.3) is 0 Å². The monoisotopic (exact) mass is 360 g/mol. The van der Waals surface area contributed by atoms with Crippen molar-refractivity contribution < 1.29 is 14.3 Å². The highest BCUT2D eigenvalue weighted by atomic mass is 16.5. The second-order valence-electron chi connectivity index (χ2n) is 9.80. The number of rotatable bonds is 3. The van der Waals surface area contributed by atoms with E-state index in [1.54, 1.807) is 0 Å². The summed E-state index contributed by atoms with van der Waals surface area (Å²) in [5.41, 5.74) is 0.316. The Kier molecular flexibility index (Phi) is 4.26. The molecular weight excluding hydrogens is 328 g/mol. The summed E-state index contributed by atoms with van der Waals surface area (Å²) in [6.07, 6.45) is 10.5. The minimum Gasteiger partial charge on any atom is -0.368 e. The molecule has 2 aliphatic heterocycles. The van der Waals surface area contributed by atoms with Gasteiger partial charge in [0.05, 0.1) is 0 Å². The van der Waals surface area contributed by atoms with Gasteiger partial charge in [0, 0.05) is 39.2 Å². The Morgan fingerprint density at radius 2 is 1.46 bits per heavy atom. The van der Waals surface area contributed by atoms with E-state index in [0.29, 0.717) is 44.1 Å². The molecule has 2 heterocycles. The van der Waals surface area contributed by atoms with E-state index in [4.69, 9.17) is 4.74 Å². The van der Waals surface area contributed by atoms with Gasteiger partial charge in [-0.15, -0.1) is 0 Å². The van der Waals surface area contributed by atoms with E-state index in [9.17, 15) is 9.59 Å². The average molecular weight is 360 g/mol. The molecule has 0 radical (unpaired) electrons. The molecule has 0 aromatic rings. The van der Waals surface area contributed by atoms with Crippen LogP contribution < -0.4 is 0 Å². The van der Waals surface area contributed by atoms with Crippen molar-refractivity contribution >= 4 is 11.8 Å². The van der Waals surface area contributed by atoms with Crippen molar-refractivity contribution in [3.05, 3.63) is 0 Å². The predicted molar refractivity (Wildman–Crippen MR) is 97.4 cm³/mol. The summed E-state index contributed by atoms with van der Waals surface area (Å²) in [7, 11) is 0. The number of carbonyl (C=O) groups excluding carboxylic acids is 2. The summed E-state index contributed by atoms with van der Waals surface area (Å²) < 4.78 is 5.53. The van der Waals surface area contributed by atoms with Crippen molar-refractivity contribution in [3.8, 4) is 0 Å². The maximum Gasteiger partial charge on any atom is 0.251 e. The fourth-order valence-corrected chi connectivity index (χ4v) is 7.09. The summed E-state index contributed by atoms with van der Waals surface area (Å²) in [5, 5.41) is 0. The van der Waals surface area contributed by atoms with E-state index < -0.39 is 0 Å². The van der Waals surface area contributed by atoms with E-state index >= 15 is 0 Å². The predicted octanol–water partition coefficient (Wildman–Crippen LogP) is 2.44. The van der Waals surface area contributed by atoms with E-state index in [1.807, 2.05) is 9.80 Å². The number of nitrogens with zero attached hydrogens (tertiary/aromatic N) is 2. The molecule has 0 N–H and O–H groups in total. The lowest BCUT2D eigenvalue weighted by Gasteiger charge is -2.57. The fourth-order valence-electron chi connectivity index (χ4n) is 7.09. The third kappa shape index (κ3) is 3.06. The van der Waals surface area contributed by atoms with Gasteiger partial charge in [-0.05, 0) is 74.5 Å². The SMILES string of the molecule is O=C(CC12CC3CC(CC(C3)C1)C2)N1CCN(C(=O)C2CCCO2)CC1. The van der Waals surface area contributed by atoms with Gasteiger partial charge in [0.1, 0.15) is 6.10 Å². The highest BCUT2D eigenvalue weighted by Crippen LogP contribution is 2.61. The number of hydrogen-bond donors (Lipinski definition) is 0. The first-order valence-electron chi connectivity index (χ1n) is 10.8. The molecule has 6 aliphatic rings. The first-order valence-corrected chi connectivity index (χ1v) is 10.8. The van der Waals surface area contributed by atoms with Crippen molar-refractivity contribution in [3.63, 3.8) is 0 Å². The van der Waals surface area contributed by atoms with Gasteiger partial charge in [-0.25, -0.2) is 0 Å². The van der Waals surface area contributed by atoms with Crippen molar-refractivity contribution in [1.82, 2.24) is 9.80 Å². The van der Waals surface area contributed by atoms with Crippen LogP contribution in [0, 0.1) is 23.2 Å². The van der Waals surface area contributed by atoms with Crippen LogP contribution in [0.1, 0.15) is 57.8 Å². The minimum atomic E-state index is -0.232. The first kappa shape index (κ1) is 17.0. The summed E-state index contributed by atoms with van der Waals surface area (Å²) in [6.45, 7) is 3.45. The zero-order chi connectivity index (χ0) is 17.7. The van der Waals surface area contributed by atoms with Crippen LogP contribution >= 0.6 is 0 Å². The van der Waals surface area contributed by atoms with E-state index in [2.05, 4.69) is 0 Å². The van der Waals surface area contributed by atoms with Gasteiger partial charge in [0.2, 0.25) is 5.91 Å². The molecule has 6 rings (SSSR count). The standard InChI is InChI=1S/C21H32N2O3/c24-19(14-21-11-15-8-16(12-21)10-17(9-15)13-21)22-3-5-23(6-4-22)20(25)18-2-1-7-26-18/h15-18H,1-14H2. The molecule has 144 valence electrons. The molecule has 0 aromatic heterocycles. The maximum absolute atomic E-state index is 13.0. The van der Waals surface area contributed by atoms with Gasteiger partial charge in [0.15, 0.2) is 0 Å². The Hall–Kier alpha value is -1.10. The molecule has 1 atom stereocenters. The molecule has 2 saturated heterocycles. The lowest BCUT2D eigenvalue weighted by atomic mass is 9.49. The highest BCUT2D eigenvalue weighted by molar-refractivity contribution is 5.82. The second-order valence-corrected chi connectivity index (χ2v) is 9.80. The Balaban J connectivity index is 1.16. The van der Waals surface area contributed by atoms with Crippen molar-refractivity contribution in [2.24, 2.45) is 23.2 Å². The van der Waals surface area contributed by atoms with Gasteiger partial charge in [-0.3, -0.25) is 9.59 Å².